The highest BCUT2D eigenvalue weighted by Gasteiger charge is 2.11. The minimum Gasteiger partial charge on any atom is -0.506 e. The van der Waals surface area contributed by atoms with Crippen LogP contribution in [0, 0.1) is 0 Å². The van der Waals surface area contributed by atoms with Gasteiger partial charge in [-0.3, -0.25) is 4.79 Å². The van der Waals surface area contributed by atoms with Gasteiger partial charge in [0.2, 0.25) is 0 Å². The van der Waals surface area contributed by atoms with Crippen molar-refractivity contribution in [1.82, 2.24) is 0 Å². The van der Waals surface area contributed by atoms with Crippen molar-refractivity contribution in [2.75, 3.05) is 0 Å². The second-order valence-electron chi connectivity index (χ2n) is 2.31. The largest absolute Gasteiger partial charge is 0.506 e. The maximum absolute atomic E-state index is 10.9. The van der Waals surface area contributed by atoms with Crippen LogP contribution in [0.1, 0.15) is 17.3 Å². The van der Waals surface area contributed by atoms with E-state index in [0.29, 0.717) is 4.47 Å². The van der Waals surface area contributed by atoms with Gasteiger partial charge in [-0.05, 0) is 35.0 Å². The van der Waals surface area contributed by atoms with Crippen molar-refractivity contribution in [2.45, 2.75) is 6.92 Å². The minimum absolute atomic E-state index is 0.168. The zero-order valence-electron chi connectivity index (χ0n) is 6.27. The summed E-state index contributed by atoms with van der Waals surface area (Å²) in [6, 6.07) is 3.15. The Morgan fingerprint density at radius 3 is 2.67 bits per heavy atom. The quantitative estimate of drug-likeness (QED) is 0.777. The molecule has 0 fully saturated rings. The van der Waals surface area contributed by atoms with Gasteiger partial charge >= 0.3 is 0 Å². The number of hydrogen-bond acceptors (Lipinski definition) is 2. The first kappa shape index (κ1) is 9.55. The van der Waals surface area contributed by atoms with Gasteiger partial charge in [0.25, 0.3) is 0 Å². The summed E-state index contributed by atoms with van der Waals surface area (Å²) in [7, 11) is 0. The monoisotopic (exact) mass is 248 g/mol. The maximum atomic E-state index is 10.9. The van der Waals surface area contributed by atoms with Gasteiger partial charge < -0.3 is 5.11 Å². The molecule has 0 heterocycles. The Bertz CT molecular complexity index is 336. The van der Waals surface area contributed by atoms with E-state index in [4.69, 9.17) is 11.6 Å². The van der Waals surface area contributed by atoms with E-state index in [2.05, 4.69) is 15.9 Å². The predicted molar refractivity (Wildman–Crippen MR) is 50.8 cm³/mol. The van der Waals surface area contributed by atoms with E-state index in [1.807, 2.05) is 0 Å². The van der Waals surface area contributed by atoms with Crippen LogP contribution in [0.3, 0.4) is 0 Å². The van der Waals surface area contributed by atoms with Crippen LogP contribution in [0.25, 0.3) is 0 Å². The smallest absolute Gasteiger partial charge is 0.163 e. The molecular formula is C8H6BrClO2. The normalized spacial score (nSPS) is 9.92. The van der Waals surface area contributed by atoms with Gasteiger partial charge in [-0.15, -0.1) is 0 Å². The van der Waals surface area contributed by atoms with Gasteiger partial charge in [0.1, 0.15) is 5.75 Å². The van der Waals surface area contributed by atoms with Crippen LogP contribution in [0.5, 0.6) is 5.75 Å². The summed E-state index contributed by atoms with van der Waals surface area (Å²) in [5, 5.41) is 9.54. The third-order valence-electron chi connectivity index (χ3n) is 1.45. The molecule has 0 radical (unpaired) electrons. The van der Waals surface area contributed by atoms with Crippen LogP contribution >= 0.6 is 27.5 Å². The molecule has 4 heteroatoms. The number of hydrogen-bond donors (Lipinski definition) is 1. The Morgan fingerprint density at radius 2 is 2.17 bits per heavy atom. The average Bonchev–Trinajstić information content (AvgIpc) is 2.00. The summed E-state index contributed by atoms with van der Waals surface area (Å²) in [5.41, 5.74) is 0.239. The Labute approximate surface area is 83.3 Å². The SMILES string of the molecule is CC(=O)c1ccc(Br)c(Cl)c1O. The fraction of sp³-hybridized carbons (Fsp3) is 0.125. The molecule has 0 aliphatic carbocycles. The molecule has 1 N–H and O–H groups in total. The third-order valence-corrected chi connectivity index (χ3v) is 2.72. The summed E-state index contributed by atoms with van der Waals surface area (Å²) in [5.74, 6) is -0.375. The lowest BCUT2D eigenvalue weighted by Gasteiger charge is -2.03. The molecule has 1 rings (SSSR count). The van der Waals surface area contributed by atoms with Crippen molar-refractivity contribution in [2.24, 2.45) is 0 Å². The van der Waals surface area contributed by atoms with Crippen molar-refractivity contribution in [1.29, 1.82) is 0 Å². The van der Waals surface area contributed by atoms with Gasteiger partial charge in [-0.25, -0.2) is 0 Å². The molecule has 0 atom stereocenters. The summed E-state index contributed by atoms with van der Waals surface area (Å²) in [4.78, 5) is 10.9. The average molecular weight is 249 g/mol. The van der Waals surface area contributed by atoms with E-state index in [0.717, 1.165) is 0 Å². The Hall–Kier alpha value is -0.540. The van der Waals surface area contributed by atoms with E-state index < -0.39 is 0 Å². The minimum atomic E-state index is -0.207. The molecule has 0 amide bonds. The zero-order valence-corrected chi connectivity index (χ0v) is 8.61. The second kappa shape index (κ2) is 3.46. The number of ketones is 1. The Morgan fingerprint density at radius 1 is 1.58 bits per heavy atom. The van der Waals surface area contributed by atoms with Crippen LogP contribution in [0.15, 0.2) is 16.6 Å². The number of phenols is 1. The summed E-state index contributed by atoms with van der Waals surface area (Å²) >= 11 is 8.80. The molecule has 12 heavy (non-hydrogen) atoms. The highest BCUT2D eigenvalue weighted by atomic mass is 79.9. The molecule has 0 saturated carbocycles. The molecule has 64 valence electrons. The number of halogens is 2. The lowest BCUT2D eigenvalue weighted by molar-refractivity contribution is 0.101. The predicted octanol–water partition coefficient (Wildman–Crippen LogP) is 3.01. The standard InChI is InChI=1S/C8H6BrClO2/c1-4(11)5-2-3-6(9)7(10)8(5)12/h2-3,12H,1H3. The topological polar surface area (TPSA) is 37.3 Å². The van der Waals surface area contributed by atoms with Gasteiger partial charge in [-0.1, -0.05) is 11.6 Å². The van der Waals surface area contributed by atoms with Crippen LogP contribution in [0.2, 0.25) is 5.02 Å². The number of benzene rings is 1. The van der Waals surface area contributed by atoms with Crippen LogP contribution in [0.4, 0.5) is 0 Å². The van der Waals surface area contributed by atoms with Gasteiger partial charge in [0.15, 0.2) is 5.78 Å². The Balaban J connectivity index is 3.36. The van der Waals surface area contributed by atoms with Crippen molar-refractivity contribution < 1.29 is 9.90 Å². The first-order valence-corrected chi connectivity index (χ1v) is 4.39. The molecule has 1 aromatic carbocycles. The number of Topliss-reactive ketones (excluding diaryl/α,β-unsaturated/α-hetero) is 1. The van der Waals surface area contributed by atoms with Gasteiger partial charge in [-0.2, -0.15) is 0 Å². The lowest BCUT2D eigenvalue weighted by Crippen LogP contribution is -1.92. The Kier molecular flexibility index (Phi) is 2.75. The van der Waals surface area contributed by atoms with Crippen molar-refractivity contribution in [3.63, 3.8) is 0 Å². The molecule has 0 unspecified atom stereocenters. The van der Waals surface area contributed by atoms with E-state index in [-0.39, 0.29) is 22.1 Å². The molecule has 0 saturated heterocycles. The van der Waals surface area contributed by atoms with E-state index >= 15 is 0 Å². The summed E-state index contributed by atoms with van der Waals surface area (Å²) in [6.07, 6.45) is 0. The van der Waals surface area contributed by atoms with Crippen molar-refractivity contribution in [3.05, 3.63) is 27.2 Å². The molecule has 2 nitrogen and oxygen atoms in total. The number of carbonyl (C=O) groups is 1. The van der Waals surface area contributed by atoms with Crippen molar-refractivity contribution in [3.8, 4) is 5.75 Å². The van der Waals surface area contributed by atoms with Crippen LogP contribution in [-0.4, -0.2) is 10.9 Å². The highest BCUT2D eigenvalue weighted by molar-refractivity contribution is 9.10. The molecule has 0 aliphatic heterocycles. The zero-order chi connectivity index (χ0) is 9.30. The van der Waals surface area contributed by atoms with E-state index in [1.165, 1.54) is 13.0 Å². The lowest BCUT2D eigenvalue weighted by atomic mass is 10.1. The molecular weight excluding hydrogens is 243 g/mol. The number of phenolic OH excluding ortho intramolecular Hbond substituents is 1. The first-order chi connectivity index (χ1) is 5.54. The summed E-state index contributed by atoms with van der Waals surface area (Å²) in [6.45, 7) is 1.37. The second-order valence-corrected chi connectivity index (χ2v) is 3.55. The van der Waals surface area contributed by atoms with Gasteiger partial charge in [0.05, 0.1) is 10.6 Å². The maximum Gasteiger partial charge on any atom is 0.163 e. The first-order valence-electron chi connectivity index (χ1n) is 3.22. The highest BCUT2D eigenvalue weighted by Crippen LogP contribution is 2.34. The van der Waals surface area contributed by atoms with Crippen LogP contribution in [-0.2, 0) is 0 Å². The molecule has 1 aromatic rings. The molecule has 0 aromatic heterocycles. The number of carbonyl (C=O) groups excluding carboxylic acids is 1. The fourth-order valence-corrected chi connectivity index (χ4v) is 1.31. The van der Waals surface area contributed by atoms with E-state index in [9.17, 15) is 9.90 Å². The third kappa shape index (κ3) is 1.62. The van der Waals surface area contributed by atoms with E-state index in [1.54, 1.807) is 6.07 Å². The van der Waals surface area contributed by atoms with Gasteiger partial charge in [0, 0.05) is 4.47 Å². The molecule has 0 spiro atoms. The van der Waals surface area contributed by atoms with Crippen molar-refractivity contribution >= 4 is 33.3 Å². The molecule has 0 bridgehead atoms. The number of aromatic hydroxyl groups is 1. The summed E-state index contributed by atoms with van der Waals surface area (Å²) < 4.78 is 0.576. The fourth-order valence-electron chi connectivity index (χ4n) is 0.824. The number of rotatable bonds is 1. The van der Waals surface area contributed by atoms with Crippen LogP contribution < -0.4 is 0 Å². The molecule has 0 aliphatic rings.